The summed E-state index contributed by atoms with van der Waals surface area (Å²) in [7, 11) is 0. The number of anilines is 1. The minimum Gasteiger partial charge on any atom is -0.435 e. The first-order valence-corrected chi connectivity index (χ1v) is 8.14. The van der Waals surface area contributed by atoms with Crippen LogP contribution in [-0.2, 0) is 0 Å². The predicted molar refractivity (Wildman–Crippen MR) is 95.9 cm³/mol. The standard InChI is InChI=1S/C14H8BrClIN3O/c15-10-5-7(18)6-11(17)12(10)21-14-9-4-2-1-3-8(9)13(16)19-20-14/h1-6H,18H2. The van der Waals surface area contributed by atoms with Crippen molar-refractivity contribution in [3.8, 4) is 11.6 Å². The number of nitrogens with zero attached hydrogens (tertiary/aromatic N) is 2. The molecule has 0 saturated heterocycles. The fourth-order valence-electron chi connectivity index (χ4n) is 1.90. The van der Waals surface area contributed by atoms with E-state index in [-0.39, 0.29) is 0 Å². The highest BCUT2D eigenvalue weighted by molar-refractivity contribution is 14.1. The minimum absolute atomic E-state index is 0.351. The number of hydrogen-bond donors (Lipinski definition) is 1. The predicted octanol–water partition coefficient (Wildman–Crippen LogP) is 5.02. The molecule has 4 nitrogen and oxygen atoms in total. The molecule has 106 valence electrons. The summed E-state index contributed by atoms with van der Waals surface area (Å²) in [6.45, 7) is 0. The topological polar surface area (TPSA) is 61.0 Å². The van der Waals surface area contributed by atoms with Gasteiger partial charge in [-0.1, -0.05) is 29.8 Å². The molecule has 1 heterocycles. The third-order valence-corrected chi connectivity index (χ3v) is 4.50. The highest BCUT2D eigenvalue weighted by atomic mass is 127. The maximum Gasteiger partial charge on any atom is 0.246 e. The van der Waals surface area contributed by atoms with Crippen molar-refractivity contribution in [3.63, 3.8) is 0 Å². The average molecular weight is 476 g/mol. The lowest BCUT2D eigenvalue weighted by Gasteiger charge is -2.11. The zero-order valence-corrected chi connectivity index (χ0v) is 15.0. The Hall–Kier alpha value is -1.12. The van der Waals surface area contributed by atoms with E-state index in [9.17, 15) is 0 Å². The third-order valence-electron chi connectivity index (χ3n) is 2.83. The van der Waals surface area contributed by atoms with Gasteiger partial charge in [-0.25, -0.2) is 0 Å². The smallest absolute Gasteiger partial charge is 0.246 e. The van der Waals surface area contributed by atoms with Gasteiger partial charge >= 0.3 is 0 Å². The lowest BCUT2D eigenvalue weighted by molar-refractivity contribution is 0.456. The summed E-state index contributed by atoms with van der Waals surface area (Å²) in [6, 6.07) is 11.2. The molecule has 0 bridgehead atoms. The van der Waals surface area contributed by atoms with Crippen LogP contribution >= 0.6 is 50.1 Å². The van der Waals surface area contributed by atoms with E-state index in [0.717, 1.165) is 18.8 Å². The zero-order chi connectivity index (χ0) is 15.0. The number of rotatable bonds is 2. The Morgan fingerprint density at radius 2 is 1.86 bits per heavy atom. The van der Waals surface area contributed by atoms with Crippen LogP contribution in [0.15, 0.2) is 40.9 Å². The van der Waals surface area contributed by atoms with Gasteiger partial charge in [-0.3, -0.25) is 0 Å². The molecule has 2 aromatic carbocycles. The molecular formula is C14H8BrClIN3O. The Bertz CT molecular complexity index is 821. The number of nitrogen functional groups attached to an aromatic ring is 1. The van der Waals surface area contributed by atoms with E-state index < -0.39 is 0 Å². The van der Waals surface area contributed by atoms with Crippen LogP contribution in [0.4, 0.5) is 5.69 Å². The first-order chi connectivity index (χ1) is 10.1. The number of halogens is 3. The molecule has 0 fully saturated rings. The van der Waals surface area contributed by atoms with E-state index in [1.165, 1.54) is 0 Å². The SMILES string of the molecule is Nc1cc(Br)c(Oc2nnc(Cl)c3ccccc23)c(I)c1. The third kappa shape index (κ3) is 2.93. The molecule has 0 spiro atoms. The van der Waals surface area contributed by atoms with Crippen LogP contribution in [0.1, 0.15) is 0 Å². The fourth-order valence-corrected chi connectivity index (χ4v) is 3.79. The number of hydrogen-bond acceptors (Lipinski definition) is 4. The lowest BCUT2D eigenvalue weighted by atomic mass is 10.2. The van der Waals surface area contributed by atoms with Gasteiger partial charge in [0, 0.05) is 16.5 Å². The highest BCUT2D eigenvalue weighted by Crippen LogP contribution is 2.38. The van der Waals surface area contributed by atoms with Crippen molar-refractivity contribution in [3.05, 3.63) is 49.6 Å². The molecule has 0 radical (unpaired) electrons. The van der Waals surface area contributed by atoms with E-state index in [4.69, 9.17) is 22.1 Å². The summed E-state index contributed by atoms with van der Waals surface area (Å²) in [6.07, 6.45) is 0. The van der Waals surface area contributed by atoms with Crippen molar-refractivity contribution in [2.24, 2.45) is 0 Å². The van der Waals surface area contributed by atoms with Gasteiger partial charge < -0.3 is 10.5 Å². The van der Waals surface area contributed by atoms with Crippen molar-refractivity contribution in [1.29, 1.82) is 0 Å². The van der Waals surface area contributed by atoms with E-state index in [1.54, 1.807) is 6.07 Å². The van der Waals surface area contributed by atoms with Crippen LogP contribution in [-0.4, -0.2) is 10.2 Å². The van der Waals surface area contributed by atoms with Crippen LogP contribution in [0.3, 0.4) is 0 Å². The average Bonchev–Trinajstić information content (AvgIpc) is 2.45. The summed E-state index contributed by atoms with van der Waals surface area (Å²) >= 11 is 11.7. The molecule has 0 saturated carbocycles. The van der Waals surface area contributed by atoms with E-state index in [0.29, 0.717) is 22.5 Å². The number of aromatic nitrogens is 2. The second-order valence-electron chi connectivity index (χ2n) is 4.26. The first-order valence-electron chi connectivity index (χ1n) is 5.89. The quantitative estimate of drug-likeness (QED) is 0.417. The van der Waals surface area contributed by atoms with Crippen molar-refractivity contribution >= 4 is 66.6 Å². The molecule has 1 aromatic heterocycles. The van der Waals surface area contributed by atoms with E-state index in [2.05, 4.69) is 48.7 Å². The van der Waals surface area contributed by atoms with Gasteiger partial charge in [0.25, 0.3) is 0 Å². The number of nitrogens with two attached hydrogens (primary N) is 1. The minimum atomic E-state index is 0.351. The van der Waals surface area contributed by atoms with Crippen molar-refractivity contribution in [1.82, 2.24) is 10.2 Å². The van der Waals surface area contributed by atoms with Crippen LogP contribution in [0.2, 0.25) is 5.15 Å². The summed E-state index contributed by atoms with van der Waals surface area (Å²) in [5.74, 6) is 1.05. The number of ether oxygens (including phenoxy) is 1. The second-order valence-corrected chi connectivity index (χ2v) is 6.63. The molecule has 3 aromatic rings. The van der Waals surface area contributed by atoms with Gasteiger partial charge in [-0.2, -0.15) is 0 Å². The highest BCUT2D eigenvalue weighted by Gasteiger charge is 2.14. The van der Waals surface area contributed by atoms with Gasteiger partial charge in [0.05, 0.1) is 8.04 Å². The summed E-state index contributed by atoms with van der Waals surface area (Å²) in [5.41, 5.74) is 6.45. The summed E-state index contributed by atoms with van der Waals surface area (Å²) in [5, 5.41) is 9.93. The first kappa shape index (κ1) is 14.8. The van der Waals surface area contributed by atoms with Crippen LogP contribution in [0, 0.1) is 3.57 Å². The molecular weight excluding hydrogens is 468 g/mol. The molecule has 0 unspecified atom stereocenters. The van der Waals surface area contributed by atoms with E-state index >= 15 is 0 Å². The summed E-state index contributed by atoms with van der Waals surface area (Å²) in [4.78, 5) is 0. The Kier molecular flexibility index (Phi) is 4.19. The Morgan fingerprint density at radius 1 is 1.14 bits per heavy atom. The summed E-state index contributed by atoms with van der Waals surface area (Å²) < 4.78 is 7.55. The molecule has 2 N–H and O–H groups in total. The Balaban J connectivity index is 2.13. The molecule has 0 atom stereocenters. The Labute approximate surface area is 147 Å². The normalized spacial score (nSPS) is 10.8. The molecule has 0 aliphatic rings. The van der Waals surface area contributed by atoms with Gasteiger partial charge in [0.15, 0.2) is 10.9 Å². The van der Waals surface area contributed by atoms with Crippen LogP contribution < -0.4 is 10.5 Å². The van der Waals surface area contributed by atoms with Gasteiger partial charge in [-0.05, 0) is 56.7 Å². The lowest BCUT2D eigenvalue weighted by Crippen LogP contribution is -1.96. The maximum absolute atomic E-state index is 6.06. The molecule has 7 heteroatoms. The molecule has 0 amide bonds. The molecule has 3 rings (SSSR count). The van der Waals surface area contributed by atoms with Crippen LogP contribution in [0.5, 0.6) is 11.6 Å². The van der Waals surface area contributed by atoms with Gasteiger partial charge in [0.1, 0.15) is 0 Å². The van der Waals surface area contributed by atoms with Gasteiger partial charge in [0.2, 0.25) is 5.88 Å². The van der Waals surface area contributed by atoms with Crippen LogP contribution in [0.25, 0.3) is 10.8 Å². The van der Waals surface area contributed by atoms with Crippen molar-refractivity contribution in [2.75, 3.05) is 5.73 Å². The Morgan fingerprint density at radius 3 is 2.57 bits per heavy atom. The molecule has 21 heavy (non-hydrogen) atoms. The fraction of sp³-hybridized carbons (Fsp3) is 0. The second kappa shape index (κ2) is 5.94. The largest absolute Gasteiger partial charge is 0.435 e. The molecule has 0 aliphatic carbocycles. The van der Waals surface area contributed by atoms with Crippen molar-refractivity contribution < 1.29 is 4.74 Å². The van der Waals surface area contributed by atoms with Gasteiger partial charge in [-0.15, -0.1) is 10.2 Å². The van der Waals surface area contributed by atoms with Crippen molar-refractivity contribution in [2.45, 2.75) is 0 Å². The number of fused-ring (bicyclic) bond motifs is 1. The molecule has 0 aliphatic heterocycles. The number of benzene rings is 2. The van der Waals surface area contributed by atoms with E-state index in [1.807, 2.05) is 30.3 Å². The monoisotopic (exact) mass is 475 g/mol. The maximum atomic E-state index is 6.06. The zero-order valence-electron chi connectivity index (χ0n) is 10.5.